The van der Waals surface area contributed by atoms with Gasteiger partial charge in [-0.2, -0.15) is 0 Å². The highest BCUT2D eigenvalue weighted by Crippen LogP contribution is 2.50. The number of fused-ring (bicyclic) bond motifs is 2. The Kier molecular flexibility index (Phi) is 5.76. The van der Waals surface area contributed by atoms with E-state index in [9.17, 15) is 0 Å². The predicted molar refractivity (Wildman–Crippen MR) is 131 cm³/mol. The van der Waals surface area contributed by atoms with E-state index in [2.05, 4.69) is 0 Å². The zero-order chi connectivity index (χ0) is 24.4. The number of hydrogen-bond donors (Lipinski definition) is 0. The van der Waals surface area contributed by atoms with Crippen molar-refractivity contribution in [1.82, 2.24) is 4.48 Å². The number of halogens is 3. The van der Waals surface area contributed by atoms with Crippen LogP contribution >= 0.6 is 11.6 Å². The van der Waals surface area contributed by atoms with Gasteiger partial charge in [0.05, 0.1) is 24.8 Å². The standard InChI is InChI=1S/C25H30BClF2N2O2/c1-9-17-13(3)23-21(19-11-12-20(32-7)25(33-8)22(19)27)24-14(4)18(10-2)16(6)31(24)26(28,29)30(23)15(17)5/h11-12H,9-10H2,1-8H3. The minimum atomic E-state index is -4.08. The van der Waals surface area contributed by atoms with Crippen molar-refractivity contribution in [2.45, 2.75) is 54.4 Å². The molecule has 0 saturated heterocycles. The van der Waals surface area contributed by atoms with Gasteiger partial charge < -0.3 is 27.1 Å². The summed E-state index contributed by atoms with van der Waals surface area (Å²) in [4.78, 5) is 0. The largest absolute Gasteiger partial charge is 0.737 e. The lowest BCUT2D eigenvalue weighted by molar-refractivity contribution is -0.363. The zero-order valence-corrected chi connectivity index (χ0v) is 21.2. The fourth-order valence-corrected chi connectivity index (χ4v) is 6.14. The number of ether oxygens (including phenoxy) is 2. The third-order valence-electron chi connectivity index (χ3n) is 7.25. The van der Waals surface area contributed by atoms with E-state index < -0.39 is 6.97 Å². The van der Waals surface area contributed by atoms with Gasteiger partial charge in [0.15, 0.2) is 17.2 Å². The summed E-state index contributed by atoms with van der Waals surface area (Å²) >= 11 is 6.87. The summed E-state index contributed by atoms with van der Waals surface area (Å²) in [5.41, 5.74) is 7.20. The average Bonchev–Trinajstić information content (AvgIpc) is 3.19. The number of benzene rings is 1. The van der Waals surface area contributed by atoms with Gasteiger partial charge in [-0.15, -0.1) is 0 Å². The van der Waals surface area contributed by atoms with E-state index in [4.69, 9.17) is 21.1 Å². The van der Waals surface area contributed by atoms with Crippen molar-refractivity contribution in [3.05, 3.63) is 62.1 Å². The molecule has 1 aromatic heterocycles. The van der Waals surface area contributed by atoms with E-state index in [0.29, 0.717) is 63.3 Å². The van der Waals surface area contributed by atoms with Crippen molar-refractivity contribution >= 4 is 29.9 Å². The van der Waals surface area contributed by atoms with Crippen molar-refractivity contribution in [2.24, 2.45) is 0 Å². The van der Waals surface area contributed by atoms with Crippen LogP contribution in [0.15, 0.2) is 29.0 Å². The molecule has 0 atom stereocenters. The SMILES string of the molecule is CCC1=C(C)C2=C(c3ccc(OC)c(OC)c3Cl)c3c(C)c(CC)c(C)n3[B-](F)(F)[N+]2=C1C. The summed E-state index contributed by atoms with van der Waals surface area (Å²) in [5.74, 6) is 0.880. The molecule has 0 N–H and O–H groups in total. The van der Waals surface area contributed by atoms with Crippen molar-refractivity contribution < 1.29 is 22.6 Å². The number of methoxy groups -OCH3 is 2. The Morgan fingerprint density at radius 1 is 1.03 bits per heavy atom. The van der Waals surface area contributed by atoms with Gasteiger partial charge in [-0.3, -0.25) is 0 Å². The van der Waals surface area contributed by atoms with Crippen molar-refractivity contribution in [2.75, 3.05) is 14.2 Å². The van der Waals surface area contributed by atoms with Gasteiger partial charge >= 0.3 is 6.97 Å². The molecule has 0 unspecified atom stereocenters. The summed E-state index contributed by atoms with van der Waals surface area (Å²) in [5, 5.41) is 0.343. The van der Waals surface area contributed by atoms with Crippen LogP contribution < -0.4 is 9.47 Å². The van der Waals surface area contributed by atoms with Crippen molar-refractivity contribution in [3.8, 4) is 11.5 Å². The second-order valence-electron chi connectivity index (χ2n) is 8.65. The minimum Gasteiger partial charge on any atom is -0.493 e. The maximum atomic E-state index is 16.3. The summed E-state index contributed by atoms with van der Waals surface area (Å²) in [6.45, 7) is 7.36. The molecule has 4 rings (SSSR count). The van der Waals surface area contributed by atoms with Gasteiger partial charge in [-0.1, -0.05) is 25.4 Å². The molecule has 2 aliphatic heterocycles. The number of hydrogen-bond acceptors (Lipinski definition) is 2. The van der Waals surface area contributed by atoms with Gasteiger partial charge in [0.1, 0.15) is 5.71 Å². The first kappa shape index (κ1) is 23.6. The highest BCUT2D eigenvalue weighted by atomic mass is 35.5. The molecule has 3 heterocycles. The van der Waals surface area contributed by atoms with Crippen LogP contribution in [0.3, 0.4) is 0 Å². The first-order valence-corrected chi connectivity index (χ1v) is 11.7. The summed E-state index contributed by atoms with van der Waals surface area (Å²) in [7, 11) is 3.07. The molecule has 0 aliphatic carbocycles. The predicted octanol–water partition coefficient (Wildman–Crippen LogP) is 6.55. The fourth-order valence-electron chi connectivity index (χ4n) is 5.82. The molecule has 176 valence electrons. The second-order valence-corrected chi connectivity index (χ2v) is 9.03. The summed E-state index contributed by atoms with van der Waals surface area (Å²) < 4.78 is 46.1. The maximum absolute atomic E-state index is 16.3. The normalized spacial score (nSPS) is 17.1. The van der Waals surface area contributed by atoms with Crippen LogP contribution in [0.2, 0.25) is 5.02 Å². The van der Waals surface area contributed by atoms with E-state index in [1.54, 1.807) is 27.0 Å². The van der Waals surface area contributed by atoms with E-state index in [1.165, 1.54) is 16.1 Å². The zero-order valence-electron chi connectivity index (χ0n) is 20.5. The molecule has 1 aromatic carbocycles. The van der Waals surface area contributed by atoms with Gasteiger partial charge in [-0.05, 0) is 62.6 Å². The molecular weight excluding hydrogens is 445 g/mol. The Bertz CT molecular complexity index is 1290. The molecule has 2 aromatic rings. The quantitative estimate of drug-likeness (QED) is 0.460. The lowest BCUT2D eigenvalue weighted by atomic mass is 9.83. The summed E-state index contributed by atoms with van der Waals surface area (Å²) in [6, 6.07) is 3.61. The Morgan fingerprint density at radius 2 is 1.70 bits per heavy atom. The lowest BCUT2D eigenvalue weighted by Gasteiger charge is -2.34. The molecule has 0 radical (unpaired) electrons. The Labute approximate surface area is 199 Å². The third kappa shape index (κ3) is 2.97. The smallest absolute Gasteiger partial charge is 0.493 e. The van der Waals surface area contributed by atoms with E-state index in [-0.39, 0.29) is 0 Å². The van der Waals surface area contributed by atoms with Crippen LogP contribution in [0.1, 0.15) is 62.2 Å². The Hall–Kier alpha value is -2.54. The van der Waals surface area contributed by atoms with Crippen LogP contribution in [-0.2, 0) is 6.42 Å². The van der Waals surface area contributed by atoms with Crippen molar-refractivity contribution in [3.63, 3.8) is 0 Å². The Morgan fingerprint density at radius 3 is 2.24 bits per heavy atom. The monoisotopic (exact) mass is 474 g/mol. The Balaban J connectivity index is 2.24. The topological polar surface area (TPSA) is 26.4 Å². The molecule has 2 aliphatic rings. The molecule has 0 amide bonds. The van der Waals surface area contributed by atoms with Crippen LogP contribution in [0.4, 0.5) is 8.63 Å². The molecule has 4 nitrogen and oxygen atoms in total. The van der Waals surface area contributed by atoms with Crippen LogP contribution in [0.5, 0.6) is 11.5 Å². The lowest BCUT2D eigenvalue weighted by Crippen LogP contribution is -2.51. The molecule has 0 saturated carbocycles. The highest BCUT2D eigenvalue weighted by molar-refractivity contribution is 6.58. The van der Waals surface area contributed by atoms with Crippen LogP contribution in [0.25, 0.3) is 5.57 Å². The van der Waals surface area contributed by atoms with Gasteiger partial charge in [0.2, 0.25) is 0 Å². The number of aromatic nitrogens is 1. The van der Waals surface area contributed by atoms with Gasteiger partial charge in [0.25, 0.3) is 0 Å². The summed E-state index contributed by atoms with van der Waals surface area (Å²) in [6.07, 6.45) is 1.34. The number of rotatable bonds is 5. The molecule has 8 heteroatoms. The molecule has 33 heavy (non-hydrogen) atoms. The van der Waals surface area contributed by atoms with E-state index in [0.717, 1.165) is 22.3 Å². The average molecular weight is 475 g/mol. The van der Waals surface area contributed by atoms with Gasteiger partial charge in [0, 0.05) is 29.3 Å². The minimum absolute atomic E-state index is 0.343. The maximum Gasteiger partial charge on any atom is 0.737 e. The number of nitrogens with zero attached hydrogens (tertiary/aromatic N) is 2. The van der Waals surface area contributed by atoms with Crippen LogP contribution in [-0.4, -0.2) is 35.9 Å². The first-order chi connectivity index (χ1) is 15.6. The first-order valence-electron chi connectivity index (χ1n) is 11.3. The van der Waals surface area contributed by atoms with Gasteiger partial charge in [-0.25, -0.2) is 0 Å². The van der Waals surface area contributed by atoms with E-state index in [1.807, 2.05) is 33.8 Å². The molecule has 0 fully saturated rings. The van der Waals surface area contributed by atoms with E-state index >= 15 is 8.63 Å². The number of allylic oxidation sites excluding steroid dienone is 2. The third-order valence-corrected chi connectivity index (χ3v) is 7.63. The van der Waals surface area contributed by atoms with Crippen LogP contribution in [0, 0.1) is 13.8 Å². The highest BCUT2D eigenvalue weighted by Gasteiger charge is 2.57. The second kappa shape index (κ2) is 8.05. The molecule has 0 bridgehead atoms. The molecular formula is C25H30BClF2N2O2. The fraction of sp³-hybridized carbons (Fsp3) is 0.400. The van der Waals surface area contributed by atoms with Crippen molar-refractivity contribution in [1.29, 1.82) is 0 Å². The molecule has 0 spiro atoms.